The van der Waals surface area contributed by atoms with Crippen molar-refractivity contribution in [2.45, 2.75) is 88.8 Å². The second-order valence-electron chi connectivity index (χ2n) is 11.7. The zero-order valence-electron chi connectivity index (χ0n) is 22.0. The largest absolute Gasteiger partial charge is 0.444 e. The zero-order chi connectivity index (χ0) is 25.8. The van der Waals surface area contributed by atoms with Crippen LogP contribution in [0.5, 0.6) is 0 Å². The van der Waals surface area contributed by atoms with Crippen molar-refractivity contribution in [3.63, 3.8) is 0 Å². The molecule has 3 aliphatic rings. The molecule has 1 spiro atoms. The number of aryl methyl sites for hydroxylation is 1. The second-order valence-corrected chi connectivity index (χ2v) is 11.7. The summed E-state index contributed by atoms with van der Waals surface area (Å²) in [5.74, 6) is -0.889. The minimum absolute atomic E-state index is 0.0396. The Kier molecular flexibility index (Phi) is 6.00. The first-order valence-corrected chi connectivity index (χ1v) is 13.0. The van der Waals surface area contributed by atoms with Crippen LogP contribution in [0.25, 0.3) is 10.9 Å². The molecule has 194 valence electrons. The van der Waals surface area contributed by atoms with E-state index in [1.165, 1.54) is 6.42 Å². The van der Waals surface area contributed by atoms with Crippen molar-refractivity contribution in [3.05, 3.63) is 23.9 Å². The minimum atomic E-state index is -0.509. The SMILES string of the molecule is CN(C(=O)OC(C)(C)C)C1CCN(c2ccc3c(C4CCC(=O)NC4=O)nn(C)c3c2)C2(CCC2)C1. The monoisotopic (exact) mass is 495 g/mol. The van der Waals surface area contributed by atoms with Crippen molar-refractivity contribution in [1.29, 1.82) is 0 Å². The lowest BCUT2D eigenvalue weighted by Crippen LogP contribution is -2.62. The minimum Gasteiger partial charge on any atom is -0.444 e. The van der Waals surface area contributed by atoms with Crippen LogP contribution in [0, 0.1) is 0 Å². The van der Waals surface area contributed by atoms with E-state index >= 15 is 0 Å². The zero-order valence-corrected chi connectivity index (χ0v) is 22.0. The Morgan fingerprint density at radius 3 is 2.61 bits per heavy atom. The number of nitrogens with one attached hydrogen (secondary N) is 1. The number of fused-ring (bicyclic) bond motifs is 1. The maximum absolute atomic E-state index is 12.7. The number of anilines is 1. The van der Waals surface area contributed by atoms with E-state index in [-0.39, 0.29) is 29.5 Å². The molecule has 36 heavy (non-hydrogen) atoms. The van der Waals surface area contributed by atoms with Crippen LogP contribution in [0.3, 0.4) is 0 Å². The van der Waals surface area contributed by atoms with Gasteiger partial charge in [0, 0.05) is 49.7 Å². The third kappa shape index (κ3) is 4.33. The van der Waals surface area contributed by atoms with E-state index in [1.54, 1.807) is 4.90 Å². The van der Waals surface area contributed by atoms with E-state index in [1.807, 2.05) is 39.5 Å². The van der Waals surface area contributed by atoms with Crippen LogP contribution in [0.15, 0.2) is 18.2 Å². The molecule has 1 aromatic carbocycles. The standard InChI is InChI=1S/C27H37N5O4/c1-26(2,3)36-25(35)30(4)18-11-14-32(27(16-18)12-6-13-27)17-7-8-19-21(15-17)31(5)29-23(19)20-9-10-22(33)28-24(20)34/h7-8,15,18,20H,6,9-14,16H2,1-5H3,(H,28,33,34). The van der Waals surface area contributed by atoms with Gasteiger partial charge in [-0.1, -0.05) is 0 Å². The Hall–Kier alpha value is -3.10. The molecule has 1 aromatic heterocycles. The summed E-state index contributed by atoms with van der Waals surface area (Å²) in [7, 11) is 3.77. The molecule has 9 heteroatoms. The third-order valence-electron chi connectivity index (χ3n) is 8.13. The van der Waals surface area contributed by atoms with Crippen molar-refractivity contribution in [1.82, 2.24) is 20.0 Å². The second kappa shape index (κ2) is 8.78. The molecule has 0 bridgehead atoms. The Balaban J connectivity index is 1.39. The fourth-order valence-electron chi connectivity index (χ4n) is 6.10. The van der Waals surface area contributed by atoms with Crippen LogP contribution in [-0.4, -0.2) is 63.4 Å². The molecule has 3 fully saturated rings. The van der Waals surface area contributed by atoms with Gasteiger partial charge in [0.25, 0.3) is 0 Å². The fraction of sp³-hybridized carbons (Fsp3) is 0.630. The summed E-state index contributed by atoms with van der Waals surface area (Å²) in [5, 5.41) is 8.11. The van der Waals surface area contributed by atoms with Gasteiger partial charge in [-0.15, -0.1) is 0 Å². The third-order valence-corrected chi connectivity index (χ3v) is 8.13. The van der Waals surface area contributed by atoms with Crippen molar-refractivity contribution in [2.75, 3.05) is 18.5 Å². The van der Waals surface area contributed by atoms with Gasteiger partial charge in [-0.05, 0) is 77.5 Å². The number of hydrogen-bond donors (Lipinski definition) is 1. The summed E-state index contributed by atoms with van der Waals surface area (Å²) >= 11 is 0. The van der Waals surface area contributed by atoms with Gasteiger partial charge in [-0.2, -0.15) is 5.10 Å². The molecule has 3 heterocycles. The van der Waals surface area contributed by atoms with Crippen molar-refractivity contribution in [3.8, 4) is 0 Å². The molecule has 1 aliphatic carbocycles. The Bertz CT molecular complexity index is 1210. The van der Waals surface area contributed by atoms with Gasteiger partial charge < -0.3 is 14.5 Å². The van der Waals surface area contributed by atoms with Crippen LogP contribution < -0.4 is 10.2 Å². The van der Waals surface area contributed by atoms with Crippen LogP contribution in [-0.2, 0) is 21.4 Å². The normalized spacial score (nSPS) is 24.0. The number of aromatic nitrogens is 2. The van der Waals surface area contributed by atoms with E-state index < -0.39 is 11.5 Å². The molecule has 2 atom stereocenters. The predicted molar refractivity (Wildman–Crippen MR) is 137 cm³/mol. The van der Waals surface area contributed by atoms with Gasteiger partial charge in [0.2, 0.25) is 11.8 Å². The molecule has 9 nitrogen and oxygen atoms in total. The Morgan fingerprint density at radius 1 is 1.22 bits per heavy atom. The van der Waals surface area contributed by atoms with E-state index in [9.17, 15) is 14.4 Å². The predicted octanol–water partition coefficient (Wildman–Crippen LogP) is 3.85. The van der Waals surface area contributed by atoms with Crippen LogP contribution in [0.1, 0.15) is 77.3 Å². The number of nitrogens with zero attached hydrogens (tertiary/aromatic N) is 4. The highest BCUT2D eigenvalue weighted by atomic mass is 16.6. The number of rotatable bonds is 3. The smallest absolute Gasteiger partial charge is 0.410 e. The molecule has 2 unspecified atom stereocenters. The Morgan fingerprint density at radius 2 is 1.97 bits per heavy atom. The highest BCUT2D eigenvalue weighted by Crippen LogP contribution is 2.48. The molecule has 1 saturated carbocycles. The summed E-state index contributed by atoms with van der Waals surface area (Å²) in [4.78, 5) is 41.1. The lowest BCUT2D eigenvalue weighted by atomic mass is 9.68. The first-order valence-electron chi connectivity index (χ1n) is 13.0. The number of carbonyl (C=O) groups excluding carboxylic acids is 3. The van der Waals surface area contributed by atoms with Crippen LogP contribution >= 0.6 is 0 Å². The molecule has 5 rings (SSSR count). The molecule has 0 radical (unpaired) electrons. The van der Waals surface area contributed by atoms with Crippen LogP contribution in [0.2, 0.25) is 0 Å². The van der Waals surface area contributed by atoms with Gasteiger partial charge in [-0.25, -0.2) is 4.79 Å². The molecule has 2 aromatic rings. The highest BCUT2D eigenvalue weighted by Gasteiger charge is 2.48. The van der Waals surface area contributed by atoms with Crippen molar-refractivity contribution in [2.24, 2.45) is 7.05 Å². The van der Waals surface area contributed by atoms with Gasteiger partial charge >= 0.3 is 6.09 Å². The summed E-state index contributed by atoms with van der Waals surface area (Å²) in [6, 6.07) is 6.53. The summed E-state index contributed by atoms with van der Waals surface area (Å²) in [6.45, 7) is 6.56. The van der Waals surface area contributed by atoms with Gasteiger partial charge in [0.1, 0.15) is 5.60 Å². The number of imide groups is 1. The molecule has 2 saturated heterocycles. The molecular weight excluding hydrogens is 458 g/mol. The first kappa shape index (κ1) is 24.6. The number of carbonyl (C=O) groups is 3. The average Bonchev–Trinajstić information content (AvgIpc) is 3.11. The Labute approximate surface area is 212 Å². The number of ether oxygens (including phenoxy) is 1. The quantitative estimate of drug-likeness (QED) is 0.650. The van der Waals surface area contributed by atoms with Crippen molar-refractivity contribution < 1.29 is 19.1 Å². The summed E-state index contributed by atoms with van der Waals surface area (Å²) in [5.41, 5.74) is 2.40. The van der Waals surface area contributed by atoms with E-state index in [0.717, 1.165) is 54.5 Å². The number of piperidine rings is 2. The molecular formula is C27H37N5O4. The lowest BCUT2D eigenvalue weighted by Gasteiger charge is -2.57. The number of amides is 3. The number of hydrogen-bond acceptors (Lipinski definition) is 6. The first-order chi connectivity index (χ1) is 17.0. The lowest BCUT2D eigenvalue weighted by molar-refractivity contribution is -0.134. The van der Waals surface area contributed by atoms with Gasteiger partial charge in [-0.3, -0.25) is 19.6 Å². The average molecular weight is 496 g/mol. The summed E-state index contributed by atoms with van der Waals surface area (Å²) in [6.07, 6.45) is 5.77. The van der Waals surface area contributed by atoms with Gasteiger partial charge in [0.05, 0.1) is 17.1 Å². The molecule has 2 aliphatic heterocycles. The summed E-state index contributed by atoms with van der Waals surface area (Å²) < 4.78 is 7.47. The van der Waals surface area contributed by atoms with E-state index in [4.69, 9.17) is 9.84 Å². The molecule has 3 amide bonds. The van der Waals surface area contributed by atoms with Crippen molar-refractivity contribution >= 4 is 34.5 Å². The van der Waals surface area contributed by atoms with Gasteiger partial charge in [0.15, 0.2) is 0 Å². The molecule has 1 N–H and O–H groups in total. The van der Waals surface area contributed by atoms with Crippen LogP contribution in [0.4, 0.5) is 10.5 Å². The maximum atomic E-state index is 12.7. The van der Waals surface area contributed by atoms with E-state index in [0.29, 0.717) is 12.8 Å². The fourth-order valence-corrected chi connectivity index (χ4v) is 6.10. The number of benzene rings is 1. The highest BCUT2D eigenvalue weighted by molar-refractivity contribution is 6.02. The van der Waals surface area contributed by atoms with E-state index in [2.05, 4.69) is 28.4 Å². The maximum Gasteiger partial charge on any atom is 0.410 e. The topological polar surface area (TPSA) is 96.8 Å².